The number of hydrogen-bond donors (Lipinski definition) is 1. The molecule has 4 rings (SSSR count). The van der Waals surface area contributed by atoms with Crippen LogP contribution in [0.1, 0.15) is 28.1 Å². The molecule has 0 unspecified atom stereocenters. The second-order valence-corrected chi connectivity index (χ2v) is 9.33. The number of nitrogens with zero attached hydrogens (tertiary/aromatic N) is 2. The molecule has 0 spiro atoms. The largest absolute Gasteiger partial charge is 0.318 e. The minimum absolute atomic E-state index is 0.160. The molecule has 1 amide bonds. The molecule has 158 valence electrons. The summed E-state index contributed by atoms with van der Waals surface area (Å²) < 4.78 is 2.16. The third-order valence-corrected chi connectivity index (χ3v) is 6.84. The van der Waals surface area contributed by atoms with Crippen molar-refractivity contribution >= 4 is 57.8 Å². The molecule has 2 aromatic carbocycles. The fraction of sp³-hybridized carbons (Fsp3) is 0.167. The van der Waals surface area contributed by atoms with Gasteiger partial charge in [0.05, 0.1) is 10.6 Å². The third-order valence-electron chi connectivity index (χ3n) is 5.28. The second kappa shape index (κ2) is 8.58. The summed E-state index contributed by atoms with van der Waals surface area (Å²) in [4.78, 5) is 17.7. The van der Waals surface area contributed by atoms with Gasteiger partial charge in [-0.25, -0.2) is 4.99 Å². The molecule has 0 saturated carbocycles. The number of carbonyl (C=O) groups excluding carboxylic acids is 1. The van der Waals surface area contributed by atoms with Gasteiger partial charge in [0.15, 0.2) is 5.17 Å². The summed E-state index contributed by atoms with van der Waals surface area (Å²) in [6.07, 6.45) is 1.91. The van der Waals surface area contributed by atoms with Crippen LogP contribution in [0.15, 0.2) is 52.4 Å². The van der Waals surface area contributed by atoms with E-state index in [1.165, 1.54) is 11.8 Å². The van der Waals surface area contributed by atoms with Gasteiger partial charge in [0, 0.05) is 27.1 Å². The highest BCUT2D eigenvalue weighted by Crippen LogP contribution is 2.33. The van der Waals surface area contributed by atoms with Crippen molar-refractivity contribution in [1.82, 2.24) is 9.88 Å². The first kappa shape index (κ1) is 21.8. The van der Waals surface area contributed by atoms with Crippen molar-refractivity contribution in [3.05, 3.63) is 85.5 Å². The van der Waals surface area contributed by atoms with E-state index in [1.54, 1.807) is 6.07 Å². The van der Waals surface area contributed by atoms with Gasteiger partial charge in [0.25, 0.3) is 5.91 Å². The number of aryl methyl sites for hydroxylation is 2. The number of carbonyl (C=O) groups is 1. The number of rotatable bonds is 3. The zero-order chi connectivity index (χ0) is 22.3. The van der Waals surface area contributed by atoms with Crippen LogP contribution in [0.2, 0.25) is 10.0 Å². The second-order valence-electron chi connectivity index (χ2n) is 7.46. The van der Waals surface area contributed by atoms with Crippen molar-refractivity contribution in [1.29, 1.82) is 0 Å². The molecule has 0 atom stereocenters. The molecule has 4 nitrogen and oxygen atoms in total. The number of hydrogen-bond acceptors (Lipinski definition) is 3. The van der Waals surface area contributed by atoms with Crippen LogP contribution in [0.5, 0.6) is 0 Å². The molecule has 31 heavy (non-hydrogen) atoms. The van der Waals surface area contributed by atoms with Gasteiger partial charge >= 0.3 is 0 Å². The van der Waals surface area contributed by atoms with Crippen LogP contribution in [0, 0.1) is 27.7 Å². The summed E-state index contributed by atoms with van der Waals surface area (Å²) in [7, 11) is 0. The maximum atomic E-state index is 12.6. The molecule has 0 aliphatic carbocycles. The Balaban J connectivity index is 1.68. The topological polar surface area (TPSA) is 46.4 Å². The summed E-state index contributed by atoms with van der Waals surface area (Å²) in [6, 6.07) is 13.5. The average Bonchev–Trinajstić information content (AvgIpc) is 3.19. The normalized spacial score (nSPS) is 16.4. The van der Waals surface area contributed by atoms with Crippen LogP contribution in [-0.2, 0) is 4.79 Å². The number of halogens is 2. The Kier molecular flexibility index (Phi) is 6.02. The average molecular weight is 470 g/mol. The monoisotopic (exact) mass is 469 g/mol. The number of nitrogens with one attached hydrogen (secondary N) is 1. The molecule has 1 aliphatic rings. The number of aromatic nitrogens is 1. The van der Waals surface area contributed by atoms with Crippen molar-refractivity contribution < 1.29 is 4.79 Å². The SMILES string of the molecule is Cc1ccc(Cl)cc1N=C1NC(=O)/C(=C/c2cc(C)n(-c3cccc(Cl)c3C)c2C)S1. The van der Waals surface area contributed by atoms with Gasteiger partial charge in [-0.15, -0.1) is 0 Å². The predicted octanol–water partition coefficient (Wildman–Crippen LogP) is 6.91. The Bertz CT molecular complexity index is 1270. The van der Waals surface area contributed by atoms with Crippen LogP contribution in [-0.4, -0.2) is 15.6 Å². The highest BCUT2D eigenvalue weighted by Gasteiger charge is 2.25. The Morgan fingerprint density at radius 1 is 1.06 bits per heavy atom. The van der Waals surface area contributed by atoms with Crippen LogP contribution in [0.3, 0.4) is 0 Å². The van der Waals surface area contributed by atoms with E-state index in [2.05, 4.69) is 20.9 Å². The summed E-state index contributed by atoms with van der Waals surface area (Å²) in [5.41, 5.74) is 6.88. The van der Waals surface area contributed by atoms with Gasteiger partial charge in [-0.1, -0.05) is 35.3 Å². The molecule has 1 aromatic heterocycles. The van der Waals surface area contributed by atoms with Crippen molar-refractivity contribution in [2.45, 2.75) is 27.7 Å². The zero-order valence-electron chi connectivity index (χ0n) is 17.6. The smallest absolute Gasteiger partial charge is 0.264 e. The highest BCUT2D eigenvalue weighted by atomic mass is 35.5. The molecule has 3 aromatic rings. The minimum Gasteiger partial charge on any atom is -0.318 e. The highest BCUT2D eigenvalue weighted by molar-refractivity contribution is 8.18. The van der Waals surface area contributed by atoms with E-state index in [1.807, 2.05) is 64.1 Å². The van der Waals surface area contributed by atoms with Gasteiger partial charge in [0.1, 0.15) is 0 Å². The van der Waals surface area contributed by atoms with Crippen LogP contribution in [0.25, 0.3) is 11.8 Å². The molecule has 1 N–H and O–H groups in total. The molecular weight excluding hydrogens is 449 g/mol. The van der Waals surface area contributed by atoms with Crippen molar-refractivity contribution in [2.75, 3.05) is 0 Å². The van der Waals surface area contributed by atoms with Crippen molar-refractivity contribution in [3.8, 4) is 5.69 Å². The summed E-state index contributed by atoms with van der Waals surface area (Å²) >= 11 is 13.7. The lowest BCUT2D eigenvalue weighted by molar-refractivity contribution is -0.115. The number of amidine groups is 1. The van der Waals surface area contributed by atoms with E-state index in [0.29, 0.717) is 15.1 Å². The maximum absolute atomic E-state index is 12.6. The number of benzene rings is 2. The standard InChI is InChI=1S/C24H21Cl2N3OS/c1-13-8-9-18(25)12-20(13)27-24-28-23(30)22(31-24)11-17-10-14(2)29(16(17)4)21-7-5-6-19(26)15(21)3/h5-12H,1-4H3,(H,27,28,30)/b22-11-. The van der Waals surface area contributed by atoms with Crippen LogP contribution < -0.4 is 5.32 Å². The molecule has 0 bridgehead atoms. The summed E-state index contributed by atoms with van der Waals surface area (Å²) in [5, 5.41) is 4.73. The molecule has 7 heteroatoms. The zero-order valence-corrected chi connectivity index (χ0v) is 19.9. The lowest BCUT2D eigenvalue weighted by atomic mass is 10.2. The molecule has 0 radical (unpaired) electrons. The van der Waals surface area contributed by atoms with Gasteiger partial charge in [0.2, 0.25) is 0 Å². The van der Waals surface area contributed by atoms with E-state index in [-0.39, 0.29) is 5.91 Å². The lowest BCUT2D eigenvalue weighted by Gasteiger charge is -2.13. The van der Waals surface area contributed by atoms with E-state index in [0.717, 1.165) is 44.5 Å². The maximum Gasteiger partial charge on any atom is 0.264 e. The van der Waals surface area contributed by atoms with Crippen LogP contribution in [0.4, 0.5) is 5.69 Å². The van der Waals surface area contributed by atoms with E-state index < -0.39 is 0 Å². The molecule has 1 fully saturated rings. The van der Waals surface area contributed by atoms with Crippen LogP contribution >= 0.6 is 35.0 Å². The number of amides is 1. The minimum atomic E-state index is -0.160. The molecule has 1 saturated heterocycles. The Labute approximate surface area is 196 Å². The van der Waals surface area contributed by atoms with E-state index >= 15 is 0 Å². The Morgan fingerprint density at radius 2 is 1.84 bits per heavy atom. The predicted molar refractivity (Wildman–Crippen MR) is 132 cm³/mol. The van der Waals surface area contributed by atoms with Crippen molar-refractivity contribution in [2.24, 2.45) is 4.99 Å². The van der Waals surface area contributed by atoms with E-state index in [9.17, 15) is 4.79 Å². The first-order valence-electron chi connectivity index (χ1n) is 9.75. The van der Waals surface area contributed by atoms with Gasteiger partial charge in [-0.2, -0.15) is 0 Å². The fourth-order valence-electron chi connectivity index (χ4n) is 3.58. The van der Waals surface area contributed by atoms with Gasteiger partial charge < -0.3 is 9.88 Å². The summed E-state index contributed by atoms with van der Waals surface area (Å²) in [6.45, 7) is 8.06. The quantitative estimate of drug-likeness (QED) is 0.423. The summed E-state index contributed by atoms with van der Waals surface area (Å²) in [5.74, 6) is -0.160. The Hall–Kier alpha value is -2.47. The first-order valence-corrected chi connectivity index (χ1v) is 11.3. The van der Waals surface area contributed by atoms with Gasteiger partial charge in [-0.05, 0) is 92.6 Å². The lowest BCUT2D eigenvalue weighted by Crippen LogP contribution is -2.19. The molecular formula is C24H21Cl2N3OS. The van der Waals surface area contributed by atoms with E-state index in [4.69, 9.17) is 23.2 Å². The molecule has 1 aliphatic heterocycles. The first-order chi connectivity index (χ1) is 14.7. The van der Waals surface area contributed by atoms with Gasteiger partial charge in [-0.3, -0.25) is 4.79 Å². The number of thioether (sulfide) groups is 1. The molecule has 2 heterocycles. The third kappa shape index (κ3) is 4.31. The fourth-order valence-corrected chi connectivity index (χ4v) is 4.74. The van der Waals surface area contributed by atoms with Crippen molar-refractivity contribution in [3.63, 3.8) is 0 Å². The number of aliphatic imine (C=N–C) groups is 1. The Morgan fingerprint density at radius 3 is 2.61 bits per heavy atom.